The third-order valence-corrected chi connectivity index (χ3v) is 6.61. The molecule has 0 saturated carbocycles. The van der Waals surface area contributed by atoms with Crippen LogP contribution in [0.5, 0.6) is 0 Å². The number of ketones is 3. The Morgan fingerprint density at radius 2 is 0.649 bits per heavy atom. The van der Waals surface area contributed by atoms with Gasteiger partial charge >= 0.3 is 47.8 Å². The molecule has 0 aliphatic heterocycles. The number of rotatable bonds is 27. The zero-order valence-corrected chi connectivity index (χ0v) is 30.9. The van der Waals surface area contributed by atoms with Gasteiger partial charge in [-0.3, -0.25) is 19.2 Å². The lowest BCUT2D eigenvalue weighted by molar-refractivity contribution is -0.186. The van der Waals surface area contributed by atoms with Crippen LogP contribution in [0.15, 0.2) is 50.6 Å². The van der Waals surface area contributed by atoms with Gasteiger partial charge in [0.25, 0.3) is 0 Å². The van der Waals surface area contributed by atoms with Crippen LogP contribution in [0.2, 0.25) is 0 Å². The van der Waals surface area contributed by atoms with Gasteiger partial charge in [0, 0.05) is 19.3 Å². The van der Waals surface area contributed by atoms with E-state index < -0.39 is 112 Å². The Kier molecular flexibility index (Phi) is 25.2. The molecule has 0 aromatic heterocycles. The summed E-state index contributed by atoms with van der Waals surface area (Å²) < 4.78 is 38.6. The monoisotopic (exact) mass is 809 g/mol. The molecule has 1 amide bonds. The van der Waals surface area contributed by atoms with Crippen LogP contribution in [0.25, 0.3) is 0 Å². The van der Waals surface area contributed by atoms with E-state index in [1.165, 1.54) is 0 Å². The Morgan fingerprint density at radius 1 is 0.386 bits per heavy atom. The molecular formula is C36H43NO20. The third kappa shape index (κ3) is 22.9. The second-order valence-electron chi connectivity index (χ2n) is 11.2. The van der Waals surface area contributed by atoms with Crippen molar-refractivity contribution < 1.29 is 95.4 Å². The summed E-state index contributed by atoms with van der Waals surface area (Å²) in [6.45, 7) is 6.34. The second-order valence-corrected chi connectivity index (χ2v) is 11.2. The minimum Gasteiger partial charge on any atom is -0.457 e. The molecule has 57 heavy (non-hydrogen) atoms. The lowest BCUT2D eigenvalue weighted by Gasteiger charge is -2.30. The average Bonchev–Trinajstić information content (AvgIpc) is 3.21. The fourth-order valence-corrected chi connectivity index (χ4v) is 3.53. The normalized spacial score (nSPS) is 10.2. The predicted molar refractivity (Wildman–Crippen MR) is 187 cm³/mol. The van der Waals surface area contributed by atoms with Crippen molar-refractivity contribution >= 4 is 71.0 Å². The molecule has 0 aromatic carbocycles. The van der Waals surface area contributed by atoms with Gasteiger partial charge in [0.15, 0.2) is 17.3 Å². The topological polar surface area (TPSA) is 291 Å². The van der Waals surface area contributed by atoms with Crippen molar-refractivity contribution in [3.8, 4) is 0 Å². The van der Waals surface area contributed by atoms with Crippen LogP contribution < -0.4 is 5.32 Å². The van der Waals surface area contributed by atoms with E-state index in [1.807, 2.05) is 0 Å². The Balaban J connectivity index is 6.20. The molecule has 21 nitrogen and oxygen atoms in total. The maximum absolute atomic E-state index is 12.5. The first kappa shape index (κ1) is 50.2. The second kappa shape index (κ2) is 28.6. The Labute approximate surface area is 325 Å². The summed E-state index contributed by atoms with van der Waals surface area (Å²) in [4.78, 5) is 145. The summed E-state index contributed by atoms with van der Waals surface area (Å²) in [5, 5.41) is 2.26. The maximum atomic E-state index is 12.5. The molecule has 0 fully saturated rings. The zero-order chi connectivity index (χ0) is 43.2. The first-order valence-electron chi connectivity index (χ1n) is 16.8. The van der Waals surface area contributed by atoms with Gasteiger partial charge in [0.05, 0.1) is 26.4 Å². The van der Waals surface area contributed by atoms with Gasteiger partial charge in [-0.15, -0.1) is 0 Å². The Hall–Kier alpha value is -6.80. The van der Waals surface area contributed by atoms with E-state index in [-0.39, 0.29) is 62.4 Å². The molecular weight excluding hydrogens is 766 g/mol. The fraction of sp³-hybridized carbons (Fsp3) is 0.444. The molecule has 0 aliphatic carbocycles. The molecule has 0 bridgehead atoms. The standard InChI is InChI=1S/C36H43NO20/c1-5-24(38)12-9-16-50-28(42)32(46)54-20-36(21-55-33(47)29(43)51-17-10-13-25(39)6-2,22-56-34(48)30(44)52-18-11-14-26(40)7-3)23-57-35(49)31(45)53-19-15-37-27(41)8-4/h5-8H,1-4,9-23H2,(H,37,41). The quantitative estimate of drug-likeness (QED) is 0.0350. The highest BCUT2D eigenvalue weighted by atomic mass is 16.6. The molecule has 0 aromatic rings. The Bertz CT molecular complexity index is 1330. The average molecular weight is 810 g/mol. The number of ether oxygens (including phenoxy) is 8. The number of nitrogens with one attached hydrogen (secondary N) is 1. The van der Waals surface area contributed by atoms with Crippen LogP contribution in [-0.2, 0) is 95.4 Å². The molecule has 0 rings (SSSR count). The first-order valence-corrected chi connectivity index (χ1v) is 16.8. The molecule has 0 atom stereocenters. The van der Waals surface area contributed by atoms with Crippen molar-refractivity contribution in [2.24, 2.45) is 5.41 Å². The number of hydrogen-bond donors (Lipinski definition) is 1. The highest BCUT2D eigenvalue weighted by Crippen LogP contribution is 2.22. The van der Waals surface area contributed by atoms with Crippen molar-refractivity contribution in [2.45, 2.75) is 38.5 Å². The summed E-state index contributed by atoms with van der Waals surface area (Å²) in [6.07, 6.45) is 3.77. The number of allylic oxidation sites excluding steroid dienone is 3. The third-order valence-electron chi connectivity index (χ3n) is 6.61. The molecule has 1 N–H and O–H groups in total. The van der Waals surface area contributed by atoms with Crippen LogP contribution in [0.3, 0.4) is 0 Å². The van der Waals surface area contributed by atoms with E-state index in [4.69, 9.17) is 33.2 Å². The molecule has 0 spiro atoms. The molecule has 0 heterocycles. The van der Waals surface area contributed by atoms with Gasteiger partial charge in [0.1, 0.15) is 38.4 Å². The van der Waals surface area contributed by atoms with Crippen molar-refractivity contribution in [1.29, 1.82) is 0 Å². The molecule has 0 aliphatic rings. The minimum absolute atomic E-state index is 0.00623. The minimum atomic E-state index is -2.32. The predicted octanol–water partition coefficient (Wildman–Crippen LogP) is -0.773. The SMILES string of the molecule is C=CC(=O)CCCOC(=O)C(=O)OCC(COC(=O)C(=O)OCCCC(=O)C=C)(COC(=O)C(=O)OCCCC(=O)C=C)COC(=O)C(=O)OCCNC(=O)C=C. The van der Waals surface area contributed by atoms with E-state index in [2.05, 4.69) is 36.4 Å². The van der Waals surface area contributed by atoms with Crippen molar-refractivity contribution in [3.05, 3.63) is 50.6 Å². The van der Waals surface area contributed by atoms with E-state index in [9.17, 15) is 57.5 Å². The number of esters is 8. The highest BCUT2D eigenvalue weighted by molar-refractivity contribution is 6.31. The van der Waals surface area contributed by atoms with Crippen LogP contribution in [-0.4, -0.2) is 130 Å². The summed E-state index contributed by atoms with van der Waals surface area (Å²) >= 11 is 0. The summed E-state index contributed by atoms with van der Waals surface area (Å²) in [5.74, 6) is -15.0. The fourth-order valence-electron chi connectivity index (χ4n) is 3.53. The lowest BCUT2D eigenvalue weighted by atomic mass is 9.92. The van der Waals surface area contributed by atoms with E-state index in [0.717, 1.165) is 24.3 Å². The molecule has 0 saturated heterocycles. The van der Waals surface area contributed by atoms with E-state index >= 15 is 0 Å². The van der Waals surface area contributed by atoms with Crippen LogP contribution in [0.4, 0.5) is 0 Å². The molecule has 21 heteroatoms. The van der Waals surface area contributed by atoms with Crippen molar-refractivity contribution in [3.63, 3.8) is 0 Å². The van der Waals surface area contributed by atoms with Crippen LogP contribution in [0, 0.1) is 5.41 Å². The summed E-state index contributed by atoms with van der Waals surface area (Å²) in [5.41, 5.74) is -2.32. The van der Waals surface area contributed by atoms with E-state index in [0.29, 0.717) is 0 Å². The number of hydrogen-bond acceptors (Lipinski definition) is 20. The largest absolute Gasteiger partial charge is 0.457 e. The van der Waals surface area contributed by atoms with Gasteiger partial charge in [-0.25, -0.2) is 38.4 Å². The molecule has 0 unspecified atom stereocenters. The Morgan fingerprint density at radius 3 is 0.912 bits per heavy atom. The van der Waals surface area contributed by atoms with Gasteiger partial charge in [0.2, 0.25) is 5.91 Å². The van der Waals surface area contributed by atoms with Gasteiger partial charge in [-0.2, -0.15) is 0 Å². The van der Waals surface area contributed by atoms with Gasteiger partial charge in [-0.05, 0) is 43.6 Å². The zero-order valence-electron chi connectivity index (χ0n) is 30.9. The molecule has 0 radical (unpaired) electrons. The number of carbonyl (C=O) groups excluding carboxylic acids is 12. The van der Waals surface area contributed by atoms with E-state index in [1.54, 1.807) is 0 Å². The van der Waals surface area contributed by atoms with Crippen molar-refractivity contribution in [1.82, 2.24) is 5.32 Å². The van der Waals surface area contributed by atoms with Crippen LogP contribution >= 0.6 is 0 Å². The maximum Gasteiger partial charge on any atom is 0.417 e. The smallest absolute Gasteiger partial charge is 0.417 e. The number of amides is 1. The molecule has 312 valence electrons. The lowest BCUT2D eigenvalue weighted by Crippen LogP contribution is -2.46. The van der Waals surface area contributed by atoms with Gasteiger partial charge in [-0.1, -0.05) is 26.3 Å². The summed E-state index contributed by atoms with van der Waals surface area (Å²) in [7, 11) is 0. The van der Waals surface area contributed by atoms with Crippen LogP contribution in [0.1, 0.15) is 38.5 Å². The summed E-state index contributed by atoms with van der Waals surface area (Å²) in [6, 6.07) is 0. The number of carbonyl (C=O) groups is 12. The van der Waals surface area contributed by atoms with Gasteiger partial charge < -0.3 is 43.2 Å². The first-order chi connectivity index (χ1) is 27.0. The van der Waals surface area contributed by atoms with Crippen molar-refractivity contribution in [2.75, 3.05) is 59.4 Å². The highest BCUT2D eigenvalue weighted by Gasteiger charge is 2.41.